The summed E-state index contributed by atoms with van der Waals surface area (Å²) in [6, 6.07) is 0.101. The number of fused-ring (bicyclic) bond motifs is 1. The van der Waals surface area contributed by atoms with Crippen molar-refractivity contribution >= 4 is 34.6 Å². The maximum atomic E-state index is 12.5. The van der Waals surface area contributed by atoms with Crippen molar-refractivity contribution in [2.45, 2.75) is 61.5 Å². The minimum absolute atomic E-state index is 0.0665. The van der Waals surface area contributed by atoms with Crippen LogP contribution >= 0.6 is 22.6 Å². The molecule has 0 aromatic rings. The van der Waals surface area contributed by atoms with E-state index >= 15 is 0 Å². The van der Waals surface area contributed by atoms with E-state index in [9.17, 15) is 9.59 Å². The van der Waals surface area contributed by atoms with Gasteiger partial charge in [-0.3, -0.25) is 4.79 Å². The molecule has 2 amide bonds. The summed E-state index contributed by atoms with van der Waals surface area (Å²) < 4.78 is 5.73. The van der Waals surface area contributed by atoms with Crippen LogP contribution in [0.1, 0.15) is 46.5 Å². The summed E-state index contributed by atoms with van der Waals surface area (Å²) in [5, 5.41) is 3.26. The SMILES string of the molecule is CC(C)(C)OC(=O)N1CC(NC(=O)C23CC2(I)C3)C2(CC2)C1. The molecular weight excluding hydrogens is 395 g/mol. The molecule has 22 heavy (non-hydrogen) atoms. The van der Waals surface area contributed by atoms with Gasteiger partial charge in [-0.05, 0) is 46.5 Å². The molecule has 0 bridgehead atoms. The molecular formula is C16H23IN2O3. The van der Waals surface area contributed by atoms with Gasteiger partial charge in [0.15, 0.2) is 0 Å². The van der Waals surface area contributed by atoms with Crippen LogP contribution in [0.2, 0.25) is 0 Å². The van der Waals surface area contributed by atoms with Crippen molar-refractivity contribution in [3.05, 3.63) is 0 Å². The van der Waals surface area contributed by atoms with Gasteiger partial charge in [0.25, 0.3) is 0 Å². The van der Waals surface area contributed by atoms with E-state index in [2.05, 4.69) is 27.9 Å². The molecule has 3 saturated carbocycles. The Kier molecular flexibility index (Phi) is 2.80. The Morgan fingerprint density at radius 3 is 2.32 bits per heavy atom. The topological polar surface area (TPSA) is 58.6 Å². The molecule has 1 saturated heterocycles. The molecule has 0 aromatic carbocycles. The maximum absolute atomic E-state index is 12.5. The van der Waals surface area contributed by atoms with Gasteiger partial charge in [0.2, 0.25) is 5.91 Å². The normalized spacial score (nSPS) is 40.2. The molecule has 1 heterocycles. The second kappa shape index (κ2) is 4.11. The number of hydrogen-bond acceptors (Lipinski definition) is 3. The highest BCUT2D eigenvalue weighted by Gasteiger charge is 2.86. The summed E-state index contributed by atoms with van der Waals surface area (Å²) >= 11 is 2.43. The van der Waals surface area contributed by atoms with Crippen LogP contribution in [0.15, 0.2) is 0 Å². The third kappa shape index (κ3) is 2.16. The van der Waals surface area contributed by atoms with Gasteiger partial charge in [-0.15, -0.1) is 0 Å². The molecule has 6 heteroatoms. The number of rotatable bonds is 2. The molecule has 3 aliphatic carbocycles. The number of amides is 2. The monoisotopic (exact) mass is 418 g/mol. The van der Waals surface area contributed by atoms with Gasteiger partial charge >= 0.3 is 6.09 Å². The van der Waals surface area contributed by atoms with E-state index in [-0.39, 0.29) is 32.3 Å². The average molecular weight is 418 g/mol. The van der Waals surface area contributed by atoms with E-state index in [1.807, 2.05) is 20.8 Å². The quantitative estimate of drug-likeness (QED) is 0.554. The number of carbonyl (C=O) groups excluding carboxylic acids is 2. The molecule has 5 nitrogen and oxygen atoms in total. The smallest absolute Gasteiger partial charge is 0.410 e. The highest BCUT2D eigenvalue weighted by Crippen LogP contribution is 2.84. The minimum atomic E-state index is -0.475. The Bertz CT molecular complexity index is 558. The lowest BCUT2D eigenvalue weighted by Crippen LogP contribution is -2.44. The fraction of sp³-hybridized carbons (Fsp3) is 0.875. The van der Waals surface area contributed by atoms with Crippen LogP contribution in [-0.2, 0) is 9.53 Å². The molecule has 4 aliphatic rings. The summed E-state index contributed by atoms with van der Waals surface area (Å²) in [6.45, 7) is 6.95. The van der Waals surface area contributed by atoms with E-state index < -0.39 is 5.60 Å². The summed E-state index contributed by atoms with van der Waals surface area (Å²) in [6.07, 6.45) is 4.00. The predicted molar refractivity (Wildman–Crippen MR) is 89.8 cm³/mol. The molecule has 1 spiro atoms. The van der Waals surface area contributed by atoms with E-state index in [0.29, 0.717) is 6.54 Å². The van der Waals surface area contributed by atoms with Gasteiger partial charge in [0, 0.05) is 21.9 Å². The first kappa shape index (κ1) is 15.0. The summed E-state index contributed by atoms with van der Waals surface area (Å²) in [5.74, 6) is 0.212. The number of ether oxygens (including phenoxy) is 1. The Balaban J connectivity index is 1.40. The molecule has 1 unspecified atom stereocenters. The van der Waals surface area contributed by atoms with Crippen molar-refractivity contribution in [2.24, 2.45) is 10.8 Å². The zero-order valence-corrected chi connectivity index (χ0v) is 15.5. The summed E-state index contributed by atoms with van der Waals surface area (Å²) in [7, 11) is 0. The number of alkyl halides is 1. The van der Waals surface area contributed by atoms with Crippen molar-refractivity contribution in [3.8, 4) is 0 Å². The molecule has 4 rings (SSSR count). The largest absolute Gasteiger partial charge is 0.444 e. The lowest BCUT2D eigenvalue weighted by Gasteiger charge is -2.24. The number of hydrogen-bond donors (Lipinski definition) is 1. The average Bonchev–Trinajstić information content (AvgIpc) is 3.22. The summed E-state index contributed by atoms with van der Waals surface area (Å²) in [5.41, 5.74) is -0.430. The first-order chi connectivity index (χ1) is 10.1. The Labute approximate surface area is 144 Å². The maximum Gasteiger partial charge on any atom is 0.410 e. The second-order valence-electron chi connectivity index (χ2n) is 8.65. The Morgan fingerprint density at radius 2 is 1.86 bits per heavy atom. The number of nitrogens with one attached hydrogen (secondary N) is 1. The third-order valence-electron chi connectivity index (χ3n) is 5.70. The number of halogens is 1. The summed E-state index contributed by atoms with van der Waals surface area (Å²) in [4.78, 5) is 26.5. The van der Waals surface area contributed by atoms with Crippen LogP contribution in [0, 0.1) is 10.8 Å². The fourth-order valence-corrected chi connectivity index (χ4v) is 5.32. The van der Waals surface area contributed by atoms with Gasteiger partial charge in [0.1, 0.15) is 5.60 Å². The van der Waals surface area contributed by atoms with Crippen LogP contribution in [-0.4, -0.2) is 45.1 Å². The Morgan fingerprint density at radius 1 is 1.27 bits per heavy atom. The Hall–Kier alpha value is -0.530. The fourth-order valence-electron chi connectivity index (χ4n) is 3.78. The highest BCUT2D eigenvalue weighted by atomic mass is 127. The van der Waals surface area contributed by atoms with Crippen LogP contribution in [0.4, 0.5) is 4.79 Å². The molecule has 1 N–H and O–H groups in total. The first-order valence-electron chi connectivity index (χ1n) is 8.07. The van der Waals surface area contributed by atoms with Gasteiger partial charge in [-0.25, -0.2) is 4.79 Å². The van der Waals surface area contributed by atoms with Crippen LogP contribution in [0.5, 0.6) is 0 Å². The molecule has 1 aliphatic heterocycles. The van der Waals surface area contributed by atoms with Crippen molar-refractivity contribution in [2.75, 3.05) is 13.1 Å². The number of carbonyl (C=O) groups is 2. The standard InChI is InChI=1S/C16H23IN2O3/c1-13(2,3)22-12(21)19-6-10(14(9-19)4-5-14)18-11(20)15-7-16(15,17)8-15/h10H,4-9H2,1-3H3,(H,18,20). The first-order valence-corrected chi connectivity index (χ1v) is 9.15. The van der Waals surface area contributed by atoms with Crippen LogP contribution in [0.25, 0.3) is 0 Å². The highest BCUT2D eigenvalue weighted by molar-refractivity contribution is 14.1. The third-order valence-corrected chi connectivity index (χ3v) is 7.50. The predicted octanol–water partition coefficient (Wildman–Crippen LogP) is 2.47. The molecule has 1 atom stereocenters. The van der Waals surface area contributed by atoms with Gasteiger partial charge in [0.05, 0.1) is 11.5 Å². The van der Waals surface area contributed by atoms with E-state index in [1.54, 1.807) is 4.90 Å². The van der Waals surface area contributed by atoms with Crippen molar-refractivity contribution in [1.82, 2.24) is 10.2 Å². The minimum Gasteiger partial charge on any atom is -0.444 e. The molecule has 122 valence electrons. The van der Waals surface area contributed by atoms with E-state index in [1.165, 1.54) is 0 Å². The molecule has 0 aromatic heterocycles. The number of nitrogens with zero attached hydrogens (tertiary/aromatic N) is 1. The lowest BCUT2D eigenvalue weighted by atomic mass is 10.00. The zero-order chi connectivity index (χ0) is 16.0. The molecule has 0 radical (unpaired) electrons. The van der Waals surface area contributed by atoms with Crippen LogP contribution < -0.4 is 5.32 Å². The van der Waals surface area contributed by atoms with Gasteiger partial charge in [-0.2, -0.15) is 0 Å². The van der Waals surface area contributed by atoms with Crippen molar-refractivity contribution in [3.63, 3.8) is 0 Å². The van der Waals surface area contributed by atoms with E-state index in [0.717, 1.165) is 32.2 Å². The van der Waals surface area contributed by atoms with Crippen molar-refractivity contribution < 1.29 is 14.3 Å². The van der Waals surface area contributed by atoms with Gasteiger partial charge in [-0.1, -0.05) is 22.6 Å². The van der Waals surface area contributed by atoms with Gasteiger partial charge < -0.3 is 15.0 Å². The zero-order valence-electron chi connectivity index (χ0n) is 13.4. The van der Waals surface area contributed by atoms with Crippen molar-refractivity contribution in [1.29, 1.82) is 0 Å². The van der Waals surface area contributed by atoms with E-state index in [4.69, 9.17) is 4.74 Å². The lowest BCUT2D eigenvalue weighted by molar-refractivity contribution is -0.125. The second-order valence-corrected chi connectivity index (χ2v) is 10.7. The number of likely N-dealkylation sites (tertiary alicyclic amines) is 1. The van der Waals surface area contributed by atoms with Crippen LogP contribution in [0.3, 0.4) is 0 Å². The molecule has 4 fully saturated rings.